The van der Waals surface area contributed by atoms with Crippen molar-refractivity contribution in [2.24, 2.45) is 0 Å². The van der Waals surface area contributed by atoms with Crippen LogP contribution in [-0.4, -0.2) is 67.8 Å². The van der Waals surface area contributed by atoms with E-state index < -0.39 is 42.5 Å². The van der Waals surface area contributed by atoms with Gasteiger partial charge in [-0.15, -0.1) is 26.3 Å². The summed E-state index contributed by atoms with van der Waals surface area (Å²) >= 11 is 0. The fourth-order valence-electron chi connectivity index (χ4n) is 6.08. The van der Waals surface area contributed by atoms with Gasteiger partial charge in [-0.1, -0.05) is 66.7 Å². The van der Waals surface area contributed by atoms with E-state index in [9.17, 15) is 31.1 Å². The molecular weight excluding hydrogens is 760 g/mol. The van der Waals surface area contributed by atoms with Crippen LogP contribution in [0.15, 0.2) is 103 Å². The van der Waals surface area contributed by atoms with Crippen LogP contribution in [0.3, 0.4) is 0 Å². The predicted octanol–water partition coefficient (Wildman–Crippen LogP) is 9.97. The van der Waals surface area contributed by atoms with Crippen molar-refractivity contribution >= 4 is 6.09 Å². The number of amides is 1. The topological polar surface area (TPSA) is 84.9 Å². The van der Waals surface area contributed by atoms with E-state index in [2.05, 4.69) is 9.47 Å². The Morgan fingerprint density at radius 3 is 1.56 bits per heavy atom. The smallest absolute Gasteiger partial charge is 0.494 e. The molecule has 15 heteroatoms. The second-order valence-corrected chi connectivity index (χ2v) is 14.3. The van der Waals surface area contributed by atoms with Gasteiger partial charge in [0.1, 0.15) is 22.8 Å². The minimum Gasteiger partial charge on any atom is -0.494 e. The van der Waals surface area contributed by atoms with Crippen LogP contribution in [0.2, 0.25) is 0 Å². The number of rotatable bonds is 16. The lowest BCUT2D eigenvalue weighted by atomic mass is 9.84. The van der Waals surface area contributed by atoms with Crippen LogP contribution in [-0.2, 0) is 38.8 Å². The largest absolute Gasteiger partial charge is 0.573 e. The zero-order valence-electron chi connectivity index (χ0n) is 31.7. The van der Waals surface area contributed by atoms with E-state index in [1.54, 1.807) is 20.8 Å². The molecule has 9 nitrogen and oxygen atoms in total. The average Bonchev–Trinajstić information content (AvgIpc) is 3.14. The Bertz CT molecular complexity index is 1740. The Kier molecular flexibility index (Phi) is 14.7. The lowest BCUT2D eigenvalue weighted by Crippen LogP contribution is -2.55. The highest BCUT2D eigenvalue weighted by molar-refractivity contribution is 5.68. The number of benzene rings is 4. The molecule has 0 N–H and O–H groups in total. The van der Waals surface area contributed by atoms with Gasteiger partial charge in [0, 0.05) is 12.3 Å². The Hall–Kier alpha value is -4.99. The first-order valence-electron chi connectivity index (χ1n) is 18.2. The van der Waals surface area contributed by atoms with Crippen LogP contribution in [0.5, 0.6) is 17.2 Å². The number of nitrogens with zero attached hydrogens (tertiary/aromatic N) is 1. The summed E-state index contributed by atoms with van der Waals surface area (Å²) in [6, 6.07) is 27.7. The van der Waals surface area contributed by atoms with Crippen molar-refractivity contribution in [3.63, 3.8) is 0 Å². The molecule has 0 aromatic heterocycles. The monoisotopic (exact) mass is 805 g/mol. The first-order valence-corrected chi connectivity index (χ1v) is 18.2. The summed E-state index contributed by atoms with van der Waals surface area (Å²) < 4.78 is 115. The van der Waals surface area contributed by atoms with Crippen LogP contribution < -0.4 is 14.2 Å². The van der Waals surface area contributed by atoms with Gasteiger partial charge < -0.3 is 38.1 Å². The number of piperidine rings is 1. The summed E-state index contributed by atoms with van der Waals surface area (Å²) in [6.07, 6.45) is -11.1. The molecule has 4 aromatic rings. The molecule has 1 fully saturated rings. The third-order valence-electron chi connectivity index (χ3n) is 8.57. The molecule has 0 radical (unpaired) electrons. The summed E-state index contributed by atoms with van der Waals surface area (Å²) in [4.78, 5) is 14.9. The van der Waals surface area contributed by atoms with E-state index in [1.807, 2.05) is 54.6 Å². The molecule has 308 valence electrons. The SMILES string of the molecule is CC(C)(C)OC(=O)N1C[C@H](OCc2ccc(OC(F)(F)F)cc2)C(c2ccc(OCCCOCc3ccccc3)cc2)[C@H](OCc2ccc(OC(F)(F)F)cc2)C1. The predicted molar refractivity (Wildman–Crippen MR) is 197 cm³/mol. The van der Waals surface area contributed by atoms with Gasteiger partial charge in [-0.2, -0.15) is 0 Å². The minimum absolute atomic E-state index is 0.0312. The van der Waals surface area contributed by atoms with E-state index in [0.29, 0.717) is 43.1 Å². The number of halogens is 6. The molecule has 1 saturated heterocycles. The molecule has 0 saturated carbocycles. The van der Waals surface area contributed by atoms with Gasteiger partial charge in [-0.25, -0.2) is 4.79 Å². The van der Waals surface area contributed by atoms with E-state index in [-0.39, 0.29) is 37.8 Å². The third-order valence-corrected chi connectivity index (χ3v) is 8.57. The number of ether oxygens (including phenoxy) is 7. The first kappa shape index (κ1) is 43.1. The van der Waals surface area contributed by atoms with E-state index in [4.69, 9.17) is 23.7 Å². The number of hydrogen-bond acceptors (Lipinski definition) is 8. The molecule has 1 unspecified atom stereocenters. The molecule has 1 aliphatic rings. The van der Waals surface area contributed by atoms with Crippen molar-refractivity contribution in [1.29, 1.82) is 0 Å². The van der Waals surface area contributed by atoms with Gasteiger partial charge in [-0.05, 0) is 79.4 Å². The standard InChI is InChI=1S/C42H45F6NO8/c1-40(2,3)57-39(50)49-24-36(53-27-30-10-16-34(17-11-30)55-41(43,44)45)38(37(25-49)54-28-31-12-18-35(19-13-31)56-42(46,47)48)32-14-20-33(21-15-32)52-23-7-22-51-26-29-8-5-4-6-9-29/h4-6,8-21,36-38H,7,22-28H2,1-3H3/t36-,37+,38?. The molecule has 1 heterocycles. The quantitative estimate of drug-likeness (QED) is 0.0818. The fraction of sp³-hybridized carbons (Fsp3) is 0.405. The fourth-order valence-corrected chi connectivity index (χ4v) is 6.08. The highest BCUT2D eigenvalue weighted by atomic mass is 19.4. The molecule has 3 atom stereocenters. The maximum atomic E-state index is 13.4. The lowest BCUT2D eigenvalue weighted by Gasteiger charge is -2.43. The van der Waals surface area contributed by atoms with Gasteiger partial charge in [0.2, 0.25) is 0 Å². The van der Waals surface area contributed by atoms with Crippen molar-refractivity contribution in [2.75, 3.05) is 26.3 Å². The lowest BCUT2D eigenvalue weighted by molar-refractivity contribution is -0.275. The highest BCUT2D eigenvalue weighted by Gasteiger charge is 2.42. The number of alkyl halides is 6. The van der Waals surface area contributed by atoms with E-state index in [1.165, 1.54) is 53.4 Å². The summed E-state index contributed by atoms with van der Waals surface area (Å²) in [5.41, 5.74) is 2.15. The molecule has 5 rings (SSSR count). The molecule has 0 aliphatic carbocycles. The van der Waals surface area contributed by atoms with E-state index >= 15 is 0 Å². The highest BCUT2D eigenvalue weighted by Crippen LogP contribution is 2.36. The Labute approximate surface area is 327 Å². The Balaban J connectivity index is 1.33. The maximum absolute atomic E-state index is 13.4. The Morgan fingerprint density at radius 2 is 1.09 bits per heavy atom. The second kappa shape index (κ2) is 19.4. The number of hydrogen-bond donors (Lipinski definition) is 0. The molecule has 4 aromatic carbocycles. The average molecular weight is 806 g/mol. The number of likely N-dealkylation sites (tertiary alicyclic amines) is 1. The van der Waals surface area contributed by atoms with Gasteiger partial charge in [0.05, 0.1) is 58.3 Å². The molecular formula is C42H45F6NO8. The minimum atomic E-state index is -4.84. The van der Waals surface area contributed by atoms with Gasteiger partial charge >= 0.3 is 18.8 Å². The molecule has 1 amide bonds. The van der Waals surface area contributed by atoms with Gasteiger partial charge in [0.15, 0.2) is 0 Å². The first-order chi connectivity index (χ1) is 27.0. The third kappa shape index (κ3) is 14.8. The van der Waals surface area contributed by atoms with E-state index in [0.717, 1.165) is 11.1 Å². The second-order valence-electron chi connectivity index (χ2n) is 14.3. The number of carbonyl (C=O) groups is 1. The number of carbonyl (C=O) groups excluding carboxylic acids is 1. The Morgan fingerprint density at radius 1 is 0.614 bits per heavy atom. The summed E-state index contributed by atoms with van der Waals surface area (Å²) in [6.45, 7) is 6.74. The van der Waals surface area contributed by atoms with Crippen LogP contribution >= 0.6 is 0 Å². The van der Waals surface area contributed by atoms with Crippen molar-refractivity contribution in [2.45, 2.75) is 83.5 Å². The summed E-state index contributed by atoms with van der Waals surface area (Å²) in [5.74, 6) is -0.646. The van der Waals surface area contributed by atoms with Crippen LogP contribution in [0.25, 0.3) is 0 Å². The molecule has 0 spiro atoms. The van der Waals surface area contributed by atoms with Crippen molar-refractivity contribution in [3.05, 3.63) is 125 Å². The summed E-state index contributed by atoms with van der Waals surface area (Å²) in [7, 11) is 0. The van der Waals surface area contributed by atoms with Gasteiger partial charge in [-0.3, -0.25) is 0 Å². The van der Waals surface area contributed by atoms with Gasteiger partial charge in [0.25, 0.3) is 0 Å². The zero-order chi connectivity index (χ0) is 41.1. The summed E-state index contributed by atoms with van der Waals surface area (Å²) in [5, 5.41) is 0. The van der Waals surface area contributed by atoms with Crippen molar-refractivity contribution in [1.82, 2.24) is 4.90 Å². The van der Waals surface area contributed by atoms with Crippen LogP contribution in [0.4, 0.5) is 31.1 Å². The van der Waals surface area contributed by atoms with Crippen molar-refractivity contribution in [3.8, 4) is 17.2 Å². The molecule has 1 aliphatic heterocycles. The maximum Gasteiger partial charge on any atom is 0.573 e. The van der Waals surface area contributed by atoms with Crippen molar-refractivity contribution < 1.29 is 64.3 Å². The molecule has 57 heavy (non-hydrogen) atoms. The zero-order valence-corrected chi connectivity index (χ0v) is 31.7. The molecule has 0 bridgehead atoms. The van der Waals surface area contributed by atoms with Crippen LogP contribution in [0.1, 0.15) is 55.4 Å². The van der Waals surface area contributed by atoms with Crippen LogP contribution in [0, 0.1) is 0 Å². The normalized spacial score (nSPS) is 17.6.